The maximum Gasteiger partial charge on any atom is 0.395 e. The molecule has 0 heterocycles. The number of alkyl halides is 3. The summed E-state index contributed by atoms with van der Waals surface area (Å²) >= 11 is 0. The van der Waals surface area contributed by atoms with Crippen molar-refractivity contribution in [1.82, 2.24) is 5.32 Å². The zero-order valence-corrected chi connectivity index (χ0v) is 7.25. The minimum atomic E-state index is -4.28. The molecular formula is C7H12F3NO. The van der Waals surface area contributed by atoms with Crippen molar-refractivity contribution in [3.8, 4) is 0 Å². The summed E-state index contributed by atoms with van der Waals surface area (Å²) in [5.41, 5.74) is -1.86. The standard InChI is InChI=1S/C7H12F3NO/c1-5(12)11-4-6(2,3)7(8,9)10/h4H2,1-3H3,(H,11,12). The van der Waals surface area contributed by atoms with Crippen molar-refractivity contribution >= 4 is 5.91 Å². The molecule has 0 aliphatic heterocycles. The predicted octanol–water partition coefficient (Wildman–Crippen LogP) is 1.71. The van der Waals surface area contributed by atoms with Crippen molar-refractivity contribution in [3.05, 3.63) is 0 Å². The van der Waals surface area contributed by atoms with E-state index >= 15 is 0 Å². The third kappa shape index (κ3) is 3.11. The third-order valence-electron chi connectivity index (χ3n) is 1.55. The first-order valence-electron chi connectivity index (χ1n) is 3.48. The molecule has 0 spiro atoms. The van der Waals surface area contributed by atoms with Gasteiger partial charge in [-0.05, 0) is 13.8 Å². The van der Waals surface area contributed by atoms with Crippen LogP contribution in [-0.4, -0.2) is 18.6 Å². The highest BCUT2D eigenvalue weighted by atomic mass is 19.4. The molecule has 2 nitrogen and oxygen atoms in total. The summed E-state index contributed by atoms with van der Waals surface area (Å²) < 4.78 is 36.4. The van der Waals surface area contributed by atoms with E-state index in [4.69, 9.17) is 0 Å². The number of carbonyl (C=O) groups is 1. The molecule has 5 heteroatoms. The van der Waals surface area contributed by atoms with Crippen LogP contribution in [0.2, 0.25) is 0 Å². The van der Waals surface area contributed by atoms with E-state index in [-0.39, 0.29) is 6.54 Å². The minimum absolute atomic E-state index is 0.383. The van der Waals surface area contributed by atoms with Gasteiger partial charge in [-0.1, -0.05) is 0 Å². The van der Waals surface area contributed by atoms with Crippen LogP contribution in [-0.2, 0) is 4.79 Å². The molecular weight excluding hydrogens is 171 g/mol. The van der Waals surface area contributed by atoms with Gasteiger partial charge in [0.25, 0.3) is 0 Å². The lowest BCUT2D eigenvalue weighted by Crippen LogP contribution is -2.42. The number of amides is 1. The highest BCUT2D eigenvalue weighted by Crippen LogP contribution is 2.36. The second-order valence-electron chi connectivity index (χ2n) is 3.29. The third-order valence-corrected chi connectivity index (χ3v) is 1.55. The lowest BCUT2D eigenvalue weighted by molar-refractivity contribution is -0.209. The summed E-state index contributed by atoms with van der Waals surface area (Å²) in [7, 11) is 0. The van der Waals surface area contributed by atoms with Crippen LogP contribution >= 0.6 is 0 Å². The summed E-state index contributed by atoms with van der Waals surface area (Å²) in [6.07, 6.45) is -4.28. The van der Waals surface area contributed by atoms with Gasteiger partial charge in [0.05, 0.1) is 5.41 Å². The van der Waals surface area contributed by atoms with E-state index in [2.05, 4.69) is 5.32 Å². The van der Waals surface area contributed by atoms with E-state index in [1.807, 2.05) is 0 Å². The Labute approximate surface area is 69.1 Å². The van der Waals surface area contributed by atoms with Gasteiger partial charge in [0.2, 0.25) is 5.91 Å². The Balaban J connectivity index is 4.14. The van der Waals surface area contributed by atoms with Gasteiger partial charge >= 0.3 is 6.18 Å². The Morgan fingerprint density at radius 3 is 2.00 bits per heavy atom. The Kier molecular flexibility index (Phi) is 3.12. The van der Waals surface area contributed by atoms with Crippen molar-refractivity contribution in [2.75, 3.05) is 6.54 Å². The van der Waals surface area contributed by atoms with Crippen LogP contribution < -0.4 is 5.32 Å². The molecule has 0 aliphatic carbocycles. The fourth-order valence-corrected chi connectivity index (χ4v) is 0.446. The highest BCUT2D eigenvalue weighted by Gasteiger charge is 2.47. The summed E-state index contributed by atoms with van der Waals surface area (Å²) in [5, 5.41) is 2.13. The van der Waals surface area contributed by atoms with Crippen LogP contribution in [0.5, 0.6) is 0 Å². The van der Waals surface area contributed by atoms with Crippen LogP contribution in [0.15, 0.2) is 0 Å². The van der Waals surface area contributed by atoms with E-state index in [1.54, 1.807) is 0 Å². The Hall–Kier alpha value is -0.740. The molecule has 0 radical (unpaired) electrons. The van der Waals surface area contributed by atoms with E-state index in [1.165, 1.54) is 6.92 Å². The fourth-order valence-electron chi connectivity index (χ4n) is 0.446. The van der Waals surface area contributed by atoms with E-state index in [0.29, 0.717) is 0 Å². The smallest absolute Gasteiger partial charge is 0.355 e. The van der Waals surface area contributed by atoms with E-state index in [0.717, 1.165) is 13.8 Å². The van der Waals surface area contributed by atoms with Crippen molar-refractivity contribution in [2.24, 2.45) is 5.41 Å². The number of rotatable bonds is 2. The molecule has 12 heavy (non-hydrogen) atoms. The highest BCUT2D eigenvalue weighted by molar-refractivity contribution is 5.72. The molecule has 0 aromatic carbocycles. The van der Waals surface area contributed by atoms with E-state index < -0.39 is 17.5 Å². The molecule has 0 saturated heterocycles. The van der Waals surface area contributed by atoms with Crippen LogP contribution in [0.1, 0.15) is 20.8 Å². The largest absolute Gasteiger partial charge is 0.395 e. The van der Waals surface area contributed by atoms with Crippen LogP contribution in [0.3, 0.4) is 0 Å². The molecule has 1 N–H and O–H groups in total. The molecule has 0 rings (SSSR count). The average molecular weight is 183 g/mol. The lowest BCUT2D eigenvalue weighted by Gasteiger charge is -2.27. The number of carbonyl (C=O) groups excluding carboxylic acids is 1. The first-order chi connectivity index (χ1) is 5.17. The topological polar surface area (TPSA) is 29.1 Å². The van der Waals surface area contributed by atoms with Crippen molar-refractivity contribution < 1.29 is 18.0 Å². The molecule has 0 aromatic heterocycles. The molecule has 1 amide bonds. The van der Waals surface area contributed by atoms with Gasteiger partial charge in [-0.25, -0.2) is 0 Å². The van der Waals surface area contributed by atoms with Crippen LogP contribution in [0.25, 0.3) is 0 Å². The normalized spacial score (nSPS) is 12.8. The first-order valence-corrected chi connectivity index (χ1v) is 3.48. The van der Waals surface area contributed by atoms with Crippen LogP contribution in [0.4, 0.5) is 13.2 Å². The Morgan fingerprint density at radius 1 is 1.33 bits per heavy atom. The van der Waals surface area contributed by atoms with Gasteiger partial charge in [-0.15, -0.1) is 0 Å². The molecule has 72 valence electrons. The summed E-state index contributed by atoms with van der Waals surface area (Å²) in [6.45, 7) is 2.89. The predicted molar refractivity (Wildman–Crippen MR) is 38.5 cm³/mol. The maximum atomic E-state index is 12.1. The zero-order chi connectivity index (χ0) is 9.99. The lowest BCUT2D eigenvalue weighted by atomic mass is 9.93. The maximum absolute atomic E-state index is 12.1. The number of hydrogen-bond donors (Lipinski definition) is 1. The molecule has 0 fully saturated rings. The summed E-state index contributed by atoms with van der Waals surface area (Å²) in [6, 6.07) is 0. The van der Waals surface area contributed by atoms with Crippen molar-refractivity contribution in [3.63, 3.8) is 0 Å². The minimum Gasteiger partial charge on any atom is -0.355 e. The second-order valence-corrected chi connectivity index (χ2v) is 3.29. The molecule has 0 unspecified atom stereocenters. The van der Waals surface area contributed by atoms with Gasteiger partial charge in [0, 0.05) is 13.5 Å². The van der Waals surface area contributed by atoms with Gasteiger partial charge in [-0.2, -0.15) is 13.2 Å². The molecule has 0 aliphatic rings. The van der Waals surface area contributed by atoms with Crippen molar-refractivity contribution in [2.45, 2.75) is 26.9 Å². The Morgan fingerprint density at radius 2 is 1.75 bits per heavy atom. The number of nitrogens with one attached hydrogen (secondary N) is 1. The fraction of sp³-hybridized carbons (Fsp3) is 0.857. The Bertz CT molecular complexity index is 174. The van der Waals surface area contributed by atoms with Gasteiger partial charge in [-0.3, -0.25) is 4.79 Å². The SMILES string of the molecule is CC(=O)NCC(C)(C)C(F)(F)F. The average Bonchev–Trinajstić information content (AvgIpc) is 1.81. The first kappa shape index (κ1) is 11.3. The molecule has 0 atom stereocenters. The van der Waals surface area contributed by atoms with Gasteiger partial charge in [0.1, 0.15) is 0 Å². The quantitative estimate of drug-likeness (QED) is 0.693. The molecule has 0 bridgehead atoms. The summed E-state index contributed by atoms with van der Waals surface area (Å²) in [4.78, 5) is 10.3. The van der Waals surface area contributed by atoms with E-state index in [9.17, 15) is 18.0 Å². The summed E-state index contributed by atoms with van der Waals surface area (Å²) in [5.74, 6) is -0.452. The zero-order valence-electron chi connectivity index (χ0n) is 7.25. The second kappa shape index (κ2) is 3.33. The molecule has 0 aromatic rings. The van der Waals surface area contributed by atoms with Gasteiger partial charge in [0.15, 0.2) is 0 Å². The van der Waals surface area contributed by atoms with Crippen LogP contribution in [0, 0.1) is 5.41 Å². The molecule has 0 saturated carbocycles. The van der Waals surface area contributed by atoms with Crippen molar-refractivity contribution in [1.29, 1.82) is 0 Å². The van der Waals surface area contributed by atoms with Gasteiger partial charge < -0.3 is 5.32 Å². The monoisotopic (exact) mass is 183 g/mol. The number of hydrogen-bond acceptors (Lipinski definition) is 1. The number of halogens is 3.